The lowest BCUT2D eigenvalue weighted by Crippen LogP contribution is -2.14. The van der Waals surface area contributed by atoms with Crippen LogP contribution in [0.3, 0.4) is 0 Å². The molecule has 0 aromatic carbocycles. The highest BCUT2D eigenvalue weighted by Crippen LogP contribution is 2.32. The van der Waals surface area contributed by atoms with Crippen molar-refractivity contribution in [3.8, 4) is 0 Å². The molecular weight excluding hydrogens is 263 g/mol. The molecule has 0 bridgehead atoms. The molecule has 0 N–H and O–H groups in total. The molecule has 0 saturated heterocycles. The number of hydrogen-bond donors (Lipinski definition) is 0. The minimum absolute atomic E-state index is 0.0302. The molecule has 0 radical (unpaired) electrons. The molecule has 1 heterocycles. The van der Waals surface area contributed by atoms with Crippen LogP contribution < -0.4 is 0 Å². The minimum Gasteiger partial charge on any atom is -0.460 e. The maximum absolute atomic E-state index is 12.8. The van der Waals surface area contributed by atoms with E-state index in [2.05, 4.69) is 9.72 Å². The van der Waals surface area contributed by atoms with Crippen molar-refractivity contribution in [1.82, 2.24) is 4.98 Å². The Balaban J connectivity index is 3.09. The third-order valence-corrected chi connectivity index (χ3v) is 2.62. The van der Waals surface area contributed by atoms with Gasteiger partial charge in [0.1, 0.15) is 0 Å². The number of carbonyl (C=O) groups is 1. The van der Waals surface area contributed by atoms with Gasteiger partial charge < -0.3 is 9.15 Å². The fourth-order valence-electron chi connectivity index (χ4n) is 1.42. The van der Waals surface area contributed by atoms with Gasteiger partial charge in [0, 0.05) is 6.42 Å². The lowest BCUT2D eigenvalue weighted by molar-refractivity contribution is -0.141. The Kier molecular flexibility index (Phi) is 4.97. The summed E-state index contributed by atoms with van der Waals surface area (Å²) in [5.41, 5.74) is -1.32. The van der Waals surface area contributed by atoms with Gasteiger partial charge in [-0.15, -0.1) is 0 Å². The standard InChI is InChI=1S/C12H16F3NO3/c1-4-7(3)6-8-16-10(12(13,14)15)9(19-8)11(17)18-5-2/h7H,4-6H2,1-3H3. The Bertz CT molecular complexity index is 440. The maximum Gasteiger partial charge on any atom is 0.437 e. The summed E-state index contributed by atoms with van der Waals surface area (Å²) in [6, 6.07) is 0. The first kappa shape index (κ1) is 15.5. The lowest BCUT2D eigenvalue weighted by atomic mass is 10.1. The van der Waals surface area contributed by atoms with E-state index >= 15 is 0 Å². The summed E-state index contributed by atoms with van der Waals surface area (Å²) in [6.45, 7) is 5.24. The van der Waals surface area contributed by atoms with Gasteiger partial charge in [-0.3, -0.25) is 0 Å². The molecule has 1 atom stereocenters. The largest absolute Gasteiger partial charge is 0.460 e. The van der Waals surface area contributed by atoms with Gasteiger partial charge in [-0.05, 0) is 12.8 Å². The molecule has 0 aliphatic carbocycles. The van der Waals surface area contributed by atoms with Gasteiger partial charge in [-0.25, -0.2) is 9.78 Å². The number of nitrogens with zero attached hydrogens (tertiary/aromatic N) is 1. The zero-order chi connectivity index (χ0) is 14.6. The Morgan fingerprint density at radius 1 is 1.42 bits per heavy atom. The van der Waals surface area contributed by atoms with E-state index in [0.717, 1.165) is 6.42 Å². The molecular formula is C12H16F3NO3. The molecule has 1 unspecified atom stereocenters. The molecule has 1 aromatic heterocycles. The van der Waals surface area contributed by atoms with Crippen molar-refractivity contribution in [2.45, 2.75) is 39.8 Å². The number of ether oxygens (including phenoxy) is 1. The van der Waals surface area contributed by atoms with Crippen LogP contribution in [0.25, 0.3) is 0 Å². The Morgan fingerprint density at radius 3 is 2.53 bits per heavy atom. The molecule has 0 amide bonds. The number of esters is 1. The average Bonchev–Trinajstić information content (AvgIpc) is 2.73. The maximum atomic E-state index is 12.8. The Morgan fingerprint density at radius 2 is 2.05 bits per heavy atom. The third-order valence-electron chi connectivity index (χ3n) is 2.62. The molecule has 0 saturated carbocycles. The second-order valence-corrected chi connectivity index (χ2v) is 4.22. The molecule has 0 aliphatic rings. The van der Waals surface area contributed by atoms with Crippen molar-refractivity contribution < 1.29 is 27.1 Å². The first-order valence-electron chi connectivity index (χ1n) is 6.03. The van der Waals surface area contributed by atoms with E-state index in [-0.39, 0.29) is 24.8 Å². The first-order chi connectivity index (χ1) is 8.79. The fraction of sp³-hybridized carbons (Fsp3) is 0.667. The van der Waals surface area contributed by atoms with Crippen molar-refractivity contribution in [3.05, 3.63) is 17.3 Å². The van der Waals surface area contributed by atoms with Crippen LogP contribution >= 0.6 is 0 Å². The van der Waals surface area contributed by atoms with Gasteiger partial charge in [0.15, 0.2) is 11.6 Å². The van der Waals surface area contributed by atoms with Crippen molar-refractivity contribution >= 4 is 5.97 Å². The predicted octanol–water partition coefficient (Wildman–Crippen LogP) is 3.46. The van der Waals surface area contributed by atoms with Crippen LogP contribution in [0.1, 0.15) is 49.3 Å². The second-order valence-electron chi connectivity index (χ2n) is 4.22. The van der Waals surface area contributed by atoms with E-state index in [4.69, 9.17) is 4.42 Å². The van der Waals surface area contributed by atoms with E-state index in [1.807, 2.05) is 13.8 Å². The number of halogens is 3. The summed E-state index contributed by atoms with van der Waals surface area (Å²) in [7, 11) is 0. The van der Waals surface area contributed by atoms with Crippen LogP contribution in [0, 0.1) is 5.92 Å². The molecule has 1 rings (SSSR count). The number of hydrogen-bond acceptors (Lipinski definition) is 4. The van der Waals surface area contributed by atoms with Crippen molar-refractivity contribution in [2.75, 3.05) is 6.61 Å². The van der Waals surface area contributed by atoms with Gasteiger partial charge >= 0.3 is 12.1 Å². The first-order valence-corrected chi connectivity index (χ1v) is 6.03. The van der Waals surface area contributed by atoms with E-state index in [1.54, 1.807) is 0 Å². The Hall–Kier alpha value is -1.53. The molecule has 19 heavy (non-hydrogen) atoms. The van der Waals surface area contributed by atoms with Gasteiger partial charge in [-0.1, -0.05) is 20.3 Å². The highest BCUT2D eigenvalue weighted by atomic mass is 19.4. The van der Waals surface area contributed by atoms with Gasteiger partial charge in [0.2, 0.25) is 5.76 Å². The third kappa shape index (κ3) is 3.97. The normalized spacial score (nSPS) is 13.4. The summed E-state index contributed by atoms with van der Waals surface area (Å²) in [5.74, 6) is -1.98. The van der Waals surface area contributed by atoms with Crippen LogP contribution in [-0.2, 0) is 17.3 Å². The lowest BCUT2D eigenvalue weighted by Gasteiger charge is -2.03. The summed E-state index contributed by atoms with van der Waals surface area (Å²) in [5, 5.41) is 0. The smallest absolute Gasteiger partial charge is 0.437 e. The fourth-order valence-corrected chi connectivity index (χ4v) is 1.42. The number of aromatic nitrogens is 1. The molecule has 108 valence electrons. The summed E-state index contributed by atoms with van der Waals surface area (Å²) in [6.07, 6.45) is -3.71. The van der Waals surface area contributed by atoms with Gasteiger partial charge in [0.05, 0.1) is 6.61 Å². The van der Waals surface area contributed by atoms with E-state index in [9.17, 15) is 18.0 Å². The van der Waals surface area contributed by atoms with Crippen molar-refractivity contribution in [2.24, 2.45) is 5.92 Å². The van der Waals surface area contributed by atoms with Crippen molar-refractivity contribution in [1.29, 1.82) is 0 Å². The zero-order valence-electron chi connectivity index (χ0n) is 11.0. The number of oxazole rings is 1. The minimum atomic E-state index is -4.74. The van der Waals surface area contributed by atoms with Gasteiger partial charge in [0.25, 0.3) is 0 Å². The zero-order valence-corrected chi connectivity index (χ0v) is 11.0. The molecule has 0 fully saturated rings. The SMILES string of the molecule is CCOC(=O)c1oc(CC(C)CC)nc1C(F)(F)F. The van der Waals surface area contributed by atoms with Gasteiger partial charge in [-0.2, -0.15) is 13.2 Å². The molecule has 4 nitrogen and oxygen atoms in total. The highest BCUT2D eigenvalue weighted by Gasteiger charge is 2.41. The van der Waals surface area contributed by atoms with E-state index in [1.165, 1.54) is 6.92 Å². The van der Waals surface area contributed by atoms with Crippen LogP contribution in [0.4, 0.5) is 13.2 Å². The van der Waals surface area contributed by atoms with Crippen molar-refractivity contribution in [3.63, 3.8) is 0 Å². The predicted molar refractivity (Wildman–Crippen MR) is 60.6 cm³/mol. The topological polar surface area (TPSA) is 52.3 Å². The van der Waals surface area contributed by atoms with Crippen LogP contribution in [0.5, 0.6) is 0 Å². The summed E-state index contributed by atoms with van der Waals surface area (Å²) < 4.78 is 47.7. The van der Waals surface area contributed by atoms with Crippen LogP contribution in [0.15, 0.2) is 4.42 Å². The molecule has 1 aromatic rings. The van der Waals surface area contributed by atoms with E-state index < -0.39 is 23.6 Å². The van der Waals surface area contributed by atoms with Crippen LogP contribution in [-0.4, -0.2) is 17.6 Å². The second kappa shape index (κ2) is 6.08. The summed E-state index contributed by atoms with van der Waals surface area (Å²) >= 11 is 0. The number of alkyl halides is 3. The average molecular weight is 279 g/mol. The Labute approximate surface area is 109 Å². The summed E-state index contributed by atoms with van der Waals surface area (Å²) in [4.78, 5) is 14.8. The molecule has 7 heteroatoms. The molecule has 0 aliphatic heterocycles. The highest BCUT2D eigenvalue weighted by molar-refractivity contribution is 5.87. The molecule has 0 spiro atoms. The number of rotatable bonds is 5. The quantitative estimate of drug-likeness (QED) is 0.774. The van der Waals surface area contributed by atoms with E-state index in [0.29, 0.717) is 0 Å². The van der Waals surface area contributed by atoms with Crippen LogP contribution in [0.2, 0.25) is 0 Å². The monoisotopic (exact) mass is 279 g/mol. The number of carbonyl (C=O) groups excluding carboxylic acids is 1.